The number of hydrogen-bond donors (Lipinski definition) is 2. The molecule has 0 saturated heterocycles. The highest BCUT2D eigenvalue weighted by Gasteiger charge is 2.23. The topological polar surface area (TPSA) is 67.4 Å². The highest BCUT2D eigenvalue weighted by atomic mass is 16.5. The van der Waals surface area contributed by atoms with Gasteiger partial charge in [0.05, 0.1) is 5.92 Å². The lowest BCUT2D eigenvalue weighted by molar-refractivity contribution is -0.130. The maximum atomic E-state index is 12.9. The van der Waals surface area contributed by atoms with Crippen LogP contribution < -0.4 is 15.6 Å². The van der Waals surface area contributed by atoms with Crippen LogP contribution in [0.5, 0.6) is 5.75 Å². The molecule has 5 nitrogen and oxygen atoms in total. The Bertz CT molecular complexity index is 978. The number of hydrogen-bond acceptors (Lipinski definition) is 3. The van der Waals surface area contributed by atoms with Gasteiger partial charge in [0, 0.05) is 0 Å². The summed E-state index contributed by atoms with van der Waals surface area (Å²) in [6.45, 7) is 5.94. The highest BCUT2D eigenvalue weighted by Crippen LogP contribution is 2.27. The van der Waals surface area contributed by atoms with Gasteiger partial charge in [0.2, 0.25) is 5.91 Å². The normalized spacial score (nSPS) is 10.7. The zero-order chi connectivity index (χ0) is 22.2. The van der Waals surface area contributed by atoms with E-state index in [0.29, 0.717) is 5.75 Å². The first-order valence-corrected chi connectivity index (χ1v) is 10.4. The second-order valence-electron chi connectivity index (χ2n) is 7.78. The molecule has 0 fully saturated rings. The Kier molecular flexibility index (Phi) is 7.44. The molecule has 0 radical (unpaired) electrons. The number of carbonyl (C=O) groups is 2. The summed E-state index contributed by atoms with van der Waals surface area (Å²) >= 11 is 0. The third-order valence-electron chi connectivity index (χ3n) is 5.00. The molecule has 0 atom stereocenters. The van der Waals surface area contributed by atoms with Crippen molar-refractivity contribution in [2.24, 2.45) is 0 Å². The molecule has 2 amide bonds. The summed E-state index contributed by atoms with van der Waals surface area (Å²) in [6.07, 6.45) is 0. The lowest BCUT2D eigenvalue weighted by atomic mass is 9.91. The first-order valence-electron chi connectivity index (χ1n) is 10.4. The third kappa shape index (κ3) is 5.95. The Balaban J connectivity index is 1.64. The summed E-state index contributed by atoms with van der Waals surface area (Å²) in [4.78, 5) is 25.3. The largest absolute Gasteiger partial charge is 0.483 e. The minimum atomic E-state index is -0.534. The molecule has 0 saturated carbocycles. The molecule has 3 rings (SSSR count). The van der Waals surface area contributed by atoms with Gasteiger partial charge in [0.1, 0.15) is 5.75 Å². The molecular weight excluding hydrogens is 388 g/mol. The maximum absolute atomic E-state index is 12.9. The lowest BCUT2D eigenvalue weighted by Gasteiger charge is -2.18. The third-order valence-corrected chi connectivity index (χ3v) is 5.00. The Morgan fingerprint density at radius 2 is 1.42 bits per heavy atom. The highest BCUT2D eigenvalue weighted by molar-refractivity contribution is 5.89. The van der Waals surface area contributed by atoms with Crippen molar-refractivity contribution in [2.45, 2.75) is 32.6 Å². The van der Waals surface area contributed by atoms with Crippen LogP contribution in [0.2, 0.25) is 0 Å². The van der Waals surface area contributed by atoms with E-state index >= 15 is 0 Å². The van der Waals surface area contributed by atoms with Crippen molar-refractivity contribution in [3.63, 3.8) is 0 Å². The number of ether oxygens (including phenoxy) is 1. The average Bonchev–Trinajstić information content (AvgIpc) is 2.78. The van der Waals surface area contributed by atoms with Crippen LogP contribution in [0.1, 0.15) is 47.9 Å². The maximum Gasteiger partial charge on any atom is 0.276 e. The van der Waals surface area contributed by atoms with E-state index in [1.807, 2.05) is 85.8 Å². The molecule has 2 N–H and O–H groups in total. The summed E-state index contributed by atoms with van der Waals surface area (Å²) in [6, 6.07) is 24.9. The summed E-state index contributed by atoms with van der Waals surface area (Å²) in [5.74, 6) is -0.319. The predicted molar refractivity (Wildman–Crippen MR) is 122 cm³/mol. The van der Waals surface area contributed by atoms with Gasteiger partial charge >= 0.3 is 0 Å². The number of nitrogens with one attached hydrogen (secondary N) is 2. The molecule has 0 aliphatic heterocycles. The Hall–Kier alpha value is -3.60. The number of carbonyl (C=O) groups excluding carboxylic acids is 2. The van der Waals surface area contributed by atoms with Crippen LogP contribution in [0.3, 0.4) is 0 Å². The molecule has 0 aliphatic rings. The first kappa shape index (κ1) is 22.1. The monoisotopic (exact) mass is 416 g/mol. The minimum Gasteiger partial charge on any atom is -0.483 e. The molecule has 0 heterocycles. The van der Waals surface area contributed by atoms with E-state index in [4.69, 9.17) is 4.74 Å². The fourth-order valence-electron chi connectivity index (χ4n) is 3.41. The van der Waals surface area contributed by atoms with Crippen molar-refractivity contribution >= 4 is 11.8 Å². The molecule has 0 spiro atoms. The fraction of sp³-hybridized carbons (Fsp3) is 0.231. The van der Waals surface area contributed by atoms with Crippen LogP contribution in [0.15, 0.2) is 78.9 Å². The number of rotatable bonds is 7. The molecule has 3 aromatic carbocycles. The Labute approximate surface area is 183 Å². The zero-order valence-corrected chi connectivity index (χ0v) is 18.1. The van der Waals surface area contributed by atoms with E-state index in [2.05, 4.69) is 24.7 Å². The van der Waals surface area contributed by atoms with E-state index in [1.54, 1.807) is 0 Å². The zero-order valence-electron chi connectivity index (χ0n) is 18.1. The molecule has 31 heavy (non-hydrogen) atoms. The molecule has 0 aliphatic carbocycles. The predicted octanol–water partition coefficient (Wildman–Crippen LogP) is 4.48. The standard InChI is InChI=1S/C26H28N2O3/c1-18(2)22-15-14-19(3)16-23(22)31-17-24(29)27-28-26(30)25(20-10-6-4-7-11-20)21-12-8-5-9-13-21/h4-16,18,25H,17H2,1-3H3,(H,27,29)(H,28,30). The van der Waals surface area contributed by atoms with Gasteiger partial charge in [-0.25, -0.2) is 0 Å². The second-order valence-corrected chi connectivity index (χ2v) is 7.78. The summed E-state index contributed by atoms with van der Waals surface area (Å²) in [5, 5.41) is 0. The quantitative estimate of drug-likeness (QED) is 0.558. The number of amides is 2. The van der Waals surface area contributed by atoms with Gasteiger partial charge in [0.25, 0.3) is 5.91 Å². The number of aryl methyl sites for hydroxylation is 1. The smallest absolute Gasteiger partial charge is 0.276 e. The van der Waals surface area contributed by atoms with Gasteiger partial charge in [0.15, 0.2) is 6.61 Å². The first-order chi connectivity index (χ1) is 15.0. The van der Waals surface area contributed by atoms with Crippen molar-refractivity contribution in [3.05, 3.63) is 101 Å². The van der Waals surface area contributed by atoms with Crippen molar-refractivity contribution in [2.75, 3.05) is 6.61 Å². The van der Waals surface area contributed by atoms with Crippen LogP contribution >= 0.6 is 0 Å². The van der Waals surface area contributed by atoms with Crippen LogP contribution in [0.25, 0.3) is 0 Å². The van der Waals surface area contributed by atoms with Gasteiger partial charge in [-0.2, -0.15) is 0 Å². The van der Waals surface area contributed by atoms with Crippen molar-refractivity contribution in [1.29, 1.82) is 0 Å². The van der Waals surface area contributed by atoms with E-state index in [9.17, 15) is 9.59 Å². The van der Waals surface area contributed by atoms with E-state index in [0.717, 1.165) is 22.3 Å². The van der Waals surface area contributed by atoms with E-state index < -0.39 is 11.8 Å². The summed E-state index contributed by atoms with van der Waals surface area (Å²) < 4.78 is 5.74. The molecule has 3 aromatic rings. The van der Waals surface area contributed by atoms with Crippen LogP contribution in [0.4, 0.5) is 0 Å². The van der Waals surface area contributed by atoms with E-state index in [-0.39, 0.29) is 18.4 Å². The van der Waals surface area contributed by atoms with Crippen molar-refractivity contribution < 1.29 is 14.3 Å². The van der Waals surface area contributed by atoms with Crippen LogP contribution in [-0.4, -0.2) is 18.4 Å². The lowest BCUT2D eigenvalue weighted by Crippen LogP contribution is -2.46. The molecule has 0 aromatic heterocycles. The summed E-state index contributed by atoms with van der Waals surface area (Å²) in [5.41, 5.74) is 8.80. The average molecular weight is 417 g/mol. The van der Waals surface area contributed by atoms with Gasteiger partial charge in [-0.1, -0.05) is 86.6 Å². The molecular formula is C26H28N2O3. The van der Waals surface area contributed by atoms with Crippen LogP contribution in [0, 0.1) is 6.92 Å². The number of hydrazine groups is 1. The van der Waals surface area contributed by atoms with Crippen molar-refractivity contribution in [1.82, 2.24) is 10.9 Å². The van der Waals surface area contributed by atoms with Crippen LogP contribution in [-0.2, 0) is 9.59 Å². The van der Waals surface area contributed by atoms with Gasteiger partial charge < -0.3 is 4.74 Å². The number of benzene rings is 3. The van der Waals surface area contributed by atoms with E-state index in [1.165, 1.54) is 0 Å². The van der Waals surface area contributed by atoms with Gasteiger partial charge in [-0.3, -0.25) is 20.4 Å². The molecule has 160 valence electrons. The minimum absolute atomic E-state index is 0.190. The Morgan fingerprint density at radius 1 is 0.839 bits per heavy atom. The molecule has 5 heteroatoms. The fourth-order valence-corrected chi connectivity index (χ4v) is 3.41. The Morgan fingerprint density at radius 3 is 1.97 bits per heavy atom. The summed E-state index contributed by atoms with van der Waals surface area (Å²) in [7, 11) is 0. The van der Waals surface area contributed by atoms with Gasteiger partial charge in [-0.05, 0) is 41.2 Å². The molecule has 0 bridgehead atoms. The SMILES string of the molecule is Cc1ccc(C(C)C)c(OCC(=O)NNC(=O)C(c2ccccc2)c2ccccc2)c1. The van der Waals surface area contributed by atoms with Gasteiger partial charge in [-0.15, -0.1) is 0 Å². The van der Waals surface area contributed by atoms with Crippen molar-refractivity contribution in [3.8, 4) is 5.75 Å². The second kappa shape index (κ2) is 10.4. The molecule has 0 unspecified atom stereocenters.